The maximum atomic E-state index is 14.7. The van der Waals surface area contributed by atoms with Crippen molar-refractivity contribution in [3.05, 3.63) is 332 Å². The number of ether oxygens (including phenoxy) is 1. The molecule has 24 heteroatoms. The third-order valence-corrected chi connectivity index (χ3v) is 25.2. The quantitative estimate of drug-likeness (QED) is 0.00916. The number of oxime groups is 3. The minimum absolute atomic E-state index is 0.0476. The number of fused-ring (bicyclic) bond motifs is 9. The number of halogens is 5. The molecule has 12 aromatic carbocycles. The van der Waals surface area contributed by atoms with E-state index in [0.717, 1.165) is 160 Å². The van der Waals surface area contributed by atoms with Crippen LogP contribution in [0.2, 0.25) is 5.02 Å². The van der Waals surface area contributed by atoms with Gasteiger partial charge < -0.3 is 32.8 Å². The van der Waals surface area contributed by atoms with Crippen molar-refractivity contribution in [2.45, 2.75) is 168 Å². The minimum Gasteiger partial charge on any atom is -0.486 e. The molecule has 0 N–H and O–H groups in total. The molecule has 3 aromatic heterocycles. The summed E-state index contributed by atoms with van der Waals surface area (Å²) in [5.74, 6) is -5.11. The fraction of sp³-hybridized carbons (Fsp3) is 0.248. The van der Waals surface area contributed by atoms with Gasteiger partial charge in [0.05, 0.1) is 11.2 Å². The van der Waals surface area contributed by atoms with Gasteiger partial charge in [-0.15, -0.1) is 11.8 Å². The molecule has 0 aliphatic heterocycles. The predicted molar refractivity (Wildman–Crippen MR) is 524 cm³/mol. The lowest BCUT2D eigenvalue weighted by molar-refractivity contribution is -0.148. The van der Waals surface area contributed by atoms with Gasteiger partial charge in [-0.3, -0.25) is 19.2 Å². The first-order valence-corrected chi connectivity index (χ1v) is 46.3. The van der Waals surface area contributed by atoms with Gasteiger partial charge in [-0.25, -0.2) is 23.2 Å². The van der Waals surface area contributed by atoms with E-state index in [1.807, 2.05) is 234 Å². The van der Waals surface area contributed by atoms with Gasteiger partial charge in [0.2, 0.25) is 11.6 Å². The van der Waals surface area contributed by atoms with E-state index < -0.39 is 36.9 Å². The molecule has 0 saturated carbocycles. The highest BCUT2D eigenvalue weighted by Crippen LogP contribution is 2.42. The van der Waals surface area contributed by atoms with Gasteiger partial charge in [-0.1, -0.05) is 201 Å². The van der Waals surface area contributed by atoms with E-state index in [2.05, 4.69) is 59.2 Å². The predicted octanol–water partition coefficient (Wildman–Crippen LogP) is 27.7. The summed E-state index contributed by atoms with van der Waals surface area (Å²) >= 11 is 9.14. The van der Waals surface area contributed by atoms with E-state index in [1.165, 1.54) is 39.0 Å². The molecule has 0 bridgehead atoms. The number of para-hydroxylation sites is 2. The Hall–Kier alpha value is -13.4. The summed E-state index contributed by atoms with van der Waals surface area (Å²) in [7, 11) is 0. The number of alkyl halides is 4. The third-order valence-electron chi connectivity index (χ3n) is 22.9. The normalized spacial score (nSPS) is 12.2. The Morgan fingerprint density at radius 2 is 1.05 bits per heavy atom. The summed E-state index contributed by atoms with van der Waals surface area (Å²) in [5, 5.41) is 18.8. The first kappa shape index (κ1) is 97.2. The molecule has 0 aliphatic carbocycles. The van der Waals surface area contributed by atoms with Crippen LogP contribution in [0.5, 0.6) is 5.75 Å². The Kier molecular flexibility index (Phi) is 32.3. The SMILES string of the molecule is CC(=O)O/N=C(\CCC(C)C)c1ccc(Sc2ccc(C(=O)c3cc4ccccc4o3)cc2)cc1.CCCCC(CC)Cn1c2ccc(/C(=N\OC(C)=O)c3ccccc3OCC(F)(F)C(F)F)cc2c2cc(C(=O)c3c(C)cc(C)cc3C)c3ccccc3c21.CCn1c2ccc(C(=O)/C(CCSc3ccc(Cl)cc3)=N/OC(C)=O)cc2c2cc(C(=O)c3ccccc3C)ccc21. The zero-order chi connectivity index (χ0) is 94.9. The Bertz CT molecular complexity index is 6920. The second-order valence-corrected chi connectivity index (χ2v) is 35.9. The van der Waals surface area contributed by atoms with Gasteiger partial charge in [0, 0.05) is 159 Å². The monoisotopic (exact) mass is 1850 g/mol. The van der Waals surface area contributed by atoms with Crippen molar-refractivity contribution in [2.24, 2.45) is 27.3 Å². The number of aromatic nitrogens is 2. The summed E-state index contributed by atoms with van der Waals surface area (Å²) in [6.07, 6.45) is 2.25. The highest BCUT2D eigenvalue weighted by Gasteiger charge is 2.42. The first-order chi connectivity index (χ1) is 63.9. The second kappa shape index (κ2) is 44.3. The van der Waals surface area contributed by atoms with Crippen molar-refractivity contribution in [3.8, 4) is 5.75 Å². The highest BCUT2D eigenvalue weighted by molar-refractivity contribution is 7.99. The molecule has 133 heavy (non-hydrogen) atoms. The molecule has 0 aliphatic rings. The standard InChI is InChI=1S/C46H46F4N2O4.C34H29ClN2O4S.C29H27NO4S/c1-7-9-14-31(8-2)25-52-39-20-19-32(42(51-56-30(6)53)35-17-12-13-18-40(35)55-26-46(49,50)45(47)48)23-36(39)37-24-38(33-15-10-11-16-34(33)43(37)52)44(54)41-28(4)21-27(3)22-29(41)5;1-4-37-31-15-9-23(33(39)27-8-6-5-7-21(27)2)19-28(31)29-20-24(10-16-32(29)37)34(40)30(36-41-22(3)38)17-18-42-26-13-11-25(35)12-14-26;1-19(2)8-17-26(30-34-20(3)31)21-9-13-24(14-10-21)35-25-15-11-22(12-16-25)29(32)28-18-23-6-4-5-7-27(23)33-28/h10-13,15-24,31,45H,7-9,14,25-26H2,1-6H3;5-16,19-20H,4,17-18H2,1-3H3;4-7,9-16,18-19H,8,17H2,1-3H3/b51-42+;36-30+;30-26+. The van der Waals surface area contributed by atoms with Crippen LogP contribution in [0.4, 0.5) is 17.6 Å². The zero-order valence-electron chi connectivity index (χ0n) is 76.0. The Morgan fingerprint density at radius 1 is 0.496 bits per heavy atom. The van der Waals surface area contributed by atoms with Crippen molar-refractivity contribution < 1.29 is 74.8 Å². The van der Waals surface area contributed by atoms with Gasteiger partial charge in [0.15, 0.2) is 23.9 Å². The first-order valence-electron chi connectivity index (χ1n) is 44.1. The van der Waals surface area contributed by atoms with Crippen LogP contribution in [-0.2, 0) is 42.0 Å². The highest BCUT2D eigenvalue weighted by atomic mass is 35.5. The molecule has 0 spiro atoms. The zero-order valence-corrected chi connectivity index (χ0v) is 78.4. The van der Waals surface area contributed by atoms with Gasteiger partial charge in [-0.05, 0) is 233 Å². The van der Waals surface area contributed by atoms with Crippen molar-refractivity contribution >= 4 is 159 Å². The van der Waals surface area contributed by atoms with Crippen LogP contribution < -0.4 is 4.74 Å². The molecule has 682 valence electrons. The van der Waals surface area contributed by atoms with Gasteiger partial charge >= 0.3 is 30.3 Å². The molecular formula is C109H102ClF4N5O12S2. The van der Waals surface area contributed by atoms with E-state index >= 15 is 0 Å². The molecule has 0 fully saturated rings. The number of ketones is 4. The average molecular weight is 1850 g/mol. The van der Waals surface area contributed by atoms with Gasteiger partial charge in [0.1, 0.15) is 22.8 Å². The van der Waals surface area contributed by atoms with Crippen LogP contribution >= 0.6 is 35.1 Å². The topological polar surface area (TPSA) is 216 Å². The number of carbonyl (C=O) groups is 7. The van der Waals surface area contributed by atoms with Crippen LogP contribution in [0, 0.1) is 39.5 Å². The van der Waals surface area contributed by atoms with Crippen LogP contribution in [0.3, 0.4) is 0 Å². The van der Waals surface area contributed by atoms with Crippen LogP contribution in [0.25, 0.3) is 65.4 Å². The molecule has 3 heterocycles. The number of furan rings is 1. The summed E-state index contributed by atoms with van der Waals surface area (Å²) in [4.78, 5) is 107. The molecule has 1 atom stereocenters. The van der Waals surface area contributed by atoms with Gasteiger partial charge in [-0.2, -0.15) is 8.78 Å². The Morgan fingerprint density at radius 3 is 1.67 bits per heavy atom. The summed E-state index contributed by atoms with van der Waals surface area (Å²) in [5.41, 5.74) is 14.3. The molecule has 1 unspecified atom stereocenters. The number of aryl methyl sites for hydroxylation is 5. The minimum atomic E-state index is -4.40. The van der Waals surface area contributed by atoms with E-state index in [4.69, 9.17) is 35.3 Å². The van der Waals surface area contributed by atoms with Gasteiger partial charge in [0.25, 0.3) is 0 Å². The van der Waals surface area contributed by atoms with E-state index in [9.17, 15) is 51.1 Å². The maximum Gasteiger partial charge on any atom is 0.340 e. The molecule has 17 nitrogen and oxygen atoms in total. The van der Waals surface area contributed by atoms with Crippen molar-refractivity contribution in [1.29, 1.82) is 0 Å². The third kappa shape index (κ3) is 23.6. The number of thioether (sulfide) groups is 1. The number of benzene rings is 12. The largest absolute Gasteiger partial charge is 0.486 e. The Labute approximate surface area is 782 Å². The molecular weight excluding hydrogens is 1750 g/mol. The number of hydrogen-bond donors (Lipinski definition) is 0. The number of nitrogens with zero attached hydrogens (tertiary/aromatic N) is 5. The smallest absolute Gasteiger partial charge is 0.340 e. The molecule has 0 amide bonds. The fourth-order valence-electron chi connectivity index (χ4n) is 16.3. The summed E-state index contributed by atoms with van der Waals surface area (Å²) in [6.45, 7) is 22.2. The summed E-state index contributed by atoms with van der Waals surface area (Å²) in [6, 6.07) is 76.7. The Balaban J connectivity index is 0.000000175. The average Bonchev–Trinajstić information content (AvgIpc) is 1.94. The maximum absolute atomic E-state index is 14.7. The molecule has 0 radical (unpaired) electrons. The molecule has 15 aromatic rings. The molecule has 15 rings (SSSR count). The van der Waals surface area contributed by atoms with Crippen molar-refractivity contribution in [1.82, 2.24) is 9.13 Å². The fourth-order valence-corrected chi connectivity index (χ4v) is 18.1. The van der Waals surface area contributed by atoms with Crippen LogP contribution in [0.15, 0.2) is 283 Å². The van der Waals surface area contributed by atoms with Crippen LogP contribution in [-0.4, -0.2) is 92.0 Å². The van der Waals surface area contributed by atoms with Crippen LogP contribution in [0.1, 0.15) is 198 Å². The molecule has 0 saturated heterocycles. The van der Waals surface area contributed by atoms with Crippen molar-refractivity contribution in [2.75, 3.05) is 12.4 Å². The van der Waals surface area contributed by atoms with E-state index in [0.29, 0.717) is 79.3 Å². The number of hydrogen-bond acceptors (Lipinski definition) is 17. The number of carbonyl (C=O) groups excluding carboxylic acids is 7. The lowest BCUT2D eigenvalue weighted by Gasteiger charge is -2.19. The lowest BCUT2D eigenvalue weighted by Crippen LogP contribution is -2.34. The summed E-state index contributed by atoms with van der Waals surface area (Å²) < 4.78 is 69.7. The number of rotatable bonds is 34. The van der Waals surface area contributed by atoms with Crippen molar-refractivity contribution in [3.63, 3.8) is 0 Å². The number of Topliss-reactive ketones (excluding diaryl/α,β-unsaturated/α-hetero) is 1. The van der Waals surface area contributed by atoms with E-state index in [-0.39, 0.29) is 45.9 Å². The second-order valence-electron chi connectivity index (χ2n) is 33.1. The van der Waals surface area contributed by atoms with E-state index in [1.54, 1.807) is 47.8 Å². The number of unbranched alkanes of at least 4 members (excludes halogenated alkanes) is 1. The lowest BCUT2D eigenvalue weighted by atomic mass is 9.89.